The Balaban J connectivity index is 2.06. The van der Waals surface area contributed by atoms with Gasteiger partial charge in [0.1, 0.15) is 5.69 Å². The smallest absolute Gasteiger partial charge is 0.272 e. The van der Waals surface area contributed by atoms with E-state index in [-0.39, 0.29) is 11.9 Å². The summed E-state index contributed by atoms with van der Waals surface area (Å²) in [5.74, 6) is -0.105. The van der Waals surface area contributed by atoms with Crippen molar-refractivity contribution in [3.8, 4) is 0 Å². The van der Waals surface area contributed by atoms with Crippen LogP contribution in [0, 0.1) is 0 Å². The molecular formula is C14H15ClN2OS. The van der Waals surface area contributed by atoms with Crippen LogP contribution < -0.4 is 0 Å². The molecule has 0 bridgehead atoms. The third kappa shape index (κ3) is 3.55. The second kappa shape index (κ2) is 6.17. The molecule has 0 saturated heterocycles. The Morgan fingerprint density at radius 1 is 1.53 bits per heavy atom. The van der Waals surface area contributed by atoms with Gasteiger partial charge in [0.25, 0.3) is 5.91 Å². The lowest BCUT2D eigenvalue weighted by atomic mass is 10.1. The molecule has 100 valence electrons. The number of halogens is 1. The molecule has 2 heterocycles. The number of thiophene rings is 1. The van der Waals surface area contributed by atoms with E-state index in [1.807, 2.05) is 18.4 Å². The Hall–Kier alpha value is -1.39. The summed E-state index contributed by atoms with van der Waals surface area (Å²) < 4.78 is 0. The fourth-order valence-corrected chi connectivity index (χ4v) is 2.75. The van der Waals surface area contributed by atoms with E-state index in [4.69, 9.17) is 11.6 Å². The van der Waals surface area contributed by atoms with Gasteiger partial charge in [0.15, 0.2) is 0 Å². The minimum absolute atomic E-state index is 0.105. The van der Waals surface area contributed by atoms with Crippen molar-refractivity contribution in [1.29, 1.82) is 0 Å². The number of pyridine rings is 1. The highest BCUT2D eigenvalue weighted by Gasteiger charge is 2.19. The molecule has 0 saturated carbocycles. The summed E-state index contributed by atoms with van der Waals surface area (Å²) in [6.07, 6.45) is 2.40. The topological polar surface area (TPSA) is 33.2 Å². The van der Waals surface area contributed by atoms with E-state index in [9.17, 15) is 4.79 Å². The number of hydrogen-bond donors (Lipinski definition) is 0. The van der Waals surface area contributed by atoms with Gasteiger partial charge in [0.2, 0.25) is 0 Å². The summed E-state index contributed by atoms with van der Waals surface area (Å²) in [7, 11) is 1.79. The lowest BCUT2D eigenvalue weighted by molar-refractivity contribution is 0.0738. The first-order valence-corrected chi connectivity index (χ1v) is 7.25. The predicted molar refractivity (Wildman–Crippen MR) is 78.8 cm³/mol. The van der Waals surface area contributed by atoms with Crippen molar-refractivity contribution in [3.63, 3.8) is 0 Å². The van der Waals surface area contributed by atoms with Crippen molar-refractivity contribution in [2.24, 2.45) is 0 Å². The molecular weight excluding hydrogens is 280 g/mol. The number of carbonyl (C=O) groups is 1. The van der Waals surface area contributed by atoms with Crippen molar-refractivity contribution in [3.05, 3.63) is 51.4 Å². The fraction of sp³-hybridized carbons (Fsp3) is 0.286. The van der Waals surface area contributed by atoms with Gasteiger partial charge in [0, 0.05) is 35.6 Å². The third-order valence-corrected chi connectivity index (χ3v) is 4.13. The summed E-state index contributed by atoms with van der Waals surface area (Å²) in [5, 5.41) is 2.57. The summed E-state index contributed by atoms with van der Waals surface area (Å²) >= 11 is 7.58. The van der Waals surface area contributed by atoms with Crippen molar-refractivity contribution in [2.45, 2.75) is 19.4 Å². The van der Waals surface area contributed by atoms with Gasteiger partial charge in [-0.2, -0.15) is 0 Å². The zero-order valence-electron chi connectivity index (χ0n) is 10.8. The second-order valence-corrected chi connectivity index (χ2v) is 5.88. The van der Waals surface area contributed by atoms with Crippen LogP contribution in [0.4, 0.5) is 0 Å². The van der Waals surface area contributed by atoms with E-state index in [1.165, 1.54) is 4.88 Å². The van der Waals surface area contributed by atoms with E-state index >= 15 is 0 Å². The molecule has 1 amide bonds. The maximum Gasteiger partial charge on any atom is 0.272 e. The highest BCUT2D eigenvalue weighted by Crippen LogP contribution is 2.16. The second-order valence-electron chi connectivity index (χ2n) is 4.41. The summed E-state index contributed by atoms with van der Waals surface area (Å²) in [6, 6.07) is 7.47. The molecule has 2 aromatic heterocycles. The van der Waals surface area contributed by atoms with Crippen LogP contribution in [0.25, 0.3) is 0 Å². The van der Waals surface area contributed by atoms with Crippen LogP contribution in [0.5, 0.6) is 0 Å². The van der Waals surface area contributed by atoms with Gasteiger partial charge in [-0.3, -0.25) is 9.78 Å². The van der Waals surface area contributed by atoms with Crippen LogP contribution in [0.3, 0.4) is 0 Å². The molecule has 0 aliphatic rings. The van der Waals surface area contributed by atoms with Gasteiger partial charge >= 0.3 is 0 Å². The molecule has 1 unspecified atom stereocenters. The van der Waals surface area contributed by atoms with Gasteiger partial charge in [-0.1, -0.05) is 17.7 Å². The molecule has 1 atom stereocenters. The monoisotopic (exact) mass is 294 g/mol. The molecule has 0 spiro atoms. The van der Waals surface area contributed by atoms with Crippen LogP contribution in [0.2, 0.25) is 5.02 Å². The van der Waals surface area contributed by atoms with Gasteiger partial charge in [0.05, 0.1) is 0 Å². The number of nitrogens with zero attached hydrogens (tertiary/aromatic N) is 2. The molecule has 0 fully saturated rings. The highest BCUT2D eigenvalue weighted by molar-refractivity contribution is 7.09. The van der Waals surface area contributed by atoms with Gasteiger partial charge in [-0.05, 0) is 30.5 Å². The largest absolute Gasteiger partial charge is 0.337 e. The van der Waals surface area contributed by atoms with Crippen LogP contribution >= 0.6 is 22.9 Å². The molecule has 2 aromatic rings. The molecule has 0 radical (unpaired) electrons. The summed E-state index contributed by atoms with van der Waals surface area (Å²) in [6.45, 7) is 2.03. The maximum atomic E-state index is 12.3. The van der Waals surface area contributed by atoms with Crippen LogP contribution in [0.15, 0.2) is 35.8 Å². The van der Waals surface area contributed by atoms with Gasteiger partial charge in [-0.15, -0.1) is 11.3 Å². The Morgan fingerprint density at radius 3 is 2.95 bits per heavy atom. The van der Waals surface area contributed by atoms with Crippen LogP contribution in [-0.2, 0) is 6.42 Å². The lowest BCUT2D eigenvalue weighted by Gasteiger charge is -2.24. The standard InChI is InChI=1S/C14H15ClN2OS/c1-10(8-12-4-3-7-19-12)17(2)14(18)13-9-11(15)5-6-16-13/h3-7,9-10H,8H2,1-2H3. The number of carbonyl (C=O) groups excluding carboxylic acids is 1. The average Bonchev–Trinajstić information content (AvgIpc) is 2.89. The summed E-state index contributed by atoms with van der Waals surface area (Å²) in [4.78, 5) is 19.3. The first kappa shape index (κ1) is 14.0. The molecule has 3 nitrogen and oxygen atoms in total. The first-order valence-electron chi connectivity index (χ1n) is 5.99. The Labute approximate surface area is 121 Å². The molecule has 0 aromatic carbocycles. The van der Waals surface area contributed by atoms with Crippen molar-refractivity contribution in [2.75, 3.05) is 7.05 Å². The summed E-state index contributed by atoms with van der Waals surface area (Å²) in [5.41, 5.74) is 0.382. The van der Waals surface area contributed by atoms with Crippen molar-refractivity contribution < 1.29 is 4.79 Å². The van der Waals surface area contributed by atoms with E-state index in [0.29, 0.717) is 10.7 Å². The van der Waals surface area contributed by atoms with Gasteiger partial charge < -0.3 is 4.90 Å². The molecule has 5 heteroatoms. The minimum Gasteiger partial charge on any atom is -0.337 e. The zero-order valence-corrected chi connectivity index (χ0v) is 12.4. The SMILES string of the molecule is CC(Cc1cccs1)N(C)C(=O)c1cc(Cl)ccn1. The van der Waals surface area contributed by atoms with E-state index in [0.717, 1.165) is 6.42 Å². The van der Waals surface area contributed by atoms with Crippen LogP contribution in [-0.4, -0.2) is 28.9 Å². The molecule has 2 rings (SSSR count). The Morgan fingerprint density at radius 2 is 2.32 bits per heavy atom. The van der Waals surface area contributed by atoms with E-state index in [1.54, 1.807) is 41.6 Å². The zero-order chi connectivity index (χ0) is 13.8. The van der Waals surface area contributed by atoms with Gasteiger partial charge in [-0.25, -0.2) is 0 Å². The molecule has 0 aliphatic carbocycles. The van der Waals surface area contributed by atoms with E-state index < -0.39 is 0 Å². The molecule has 0 N–H and O–H groups in total. The number of aromatic nitrogens is 1. The van der Waals surface area contributed by atoms with Crippen LogP contribution in [0.1, 0.15) is 22.3 Å². The third-order valence-electron chi connectivity index (χ3n) is 3.00. The number of likely N-dealkylation sites (N-methyl/N-ethyl adjacent to an activating group) is 1. The number of hydrogen-bond acceptors (Lipinski definition) is 3. The van der Waals surface area contributed by atoms with Crippen molar-refractivity contribution >= 4 is 28.8 Å². The first-order chi connectivity index (χ1) is 9.08. The lowest BCUT2D eigenvalue weighted by Crippen LogP contribution is -2.36. The Bertz CT molecular complexity index is 556. The Kier molecular flexibility index (Phi) is 4.56. The maximum absolute atomic E-state index is 12.3. The predicted octanol–water partition coefficient (Wildman–Crippen LogP) is 3.50. The van der Waals surface area contributed by atoms with Crippen molar-refractivity contribution in [1.82, 2.24) is 9.88 Å². The van der Waals surface area contributed by atoms with E-state index in [2.05, 4.69) is 11.1 Å². The number of amides is 1. The normalized spacial score (nSPS) is 12.2. The fourth-order valence-electron chi connectivity index (χ4n) is 1.76. The molecule has 0 aliphatic heterocycles. The number of rotatable bonds is 4. The average molecular weight is 295 g/mol. The molecule has 19 heavy (non-hydrogen) atoms. The minimum atomic E-state index is -0.105. The quantitative estimate of drug-likeness (QED) is 0.865. The highest BCUT2D eigenvalue weighted by atomic mass is 35.5.